The number of nitrogens with zero attached hydrogens (tertiary/aromatic N) is 1. The summed E-state index contributed by atoms with van der Waals surface area (Å²) in [6.07, 6.45) is 1.18. The minimum absolute atomic E-state index is 0.0528. The van der Waals surface area contributed by atoms with Crippen molar-refractivity contribution in [3.63, 3.8) is 0 Å². The maximum absolute atomic E-state index is 12.3. The van der Waals surface area contributed by atoms with Gasteiger partial charge < -0.3 is 4.74 Å². The molecule has 0 aliphatic heterocycles. The number of aromatic nitrogens is 1. The number of para-hydroxylation sites is 1. The van der Waals surface area contributed by atoms with Crippen LogP contribution in [0.2, 0.25) is 10.0 Å². The summed E-state index contributed by atoms with van der Waals surface area (Å²) in [4.78, 5) is 12.3. The van der Waals surface area contributed by atoms with Gasteiger partial charge in [-0.1, -0.05) is 53.5 Å². The van der Waals surface area contributed by atoms with Crippen molar-refractivity contribution in [2.75, 3.05) is 0 Å². The van der Waals surface area contributed by atoms with Crippen LogP contribution in [0.5, 0.6) is 0 Å². The number of benzene rings is 2. The first-order valence-corrected chi connectivity index (χ1v) is 7.35. The molecule has 0 aliphatic carbocycles. The third-order valence-electron chi connectivity index (χ3n) is 3.37. The van der Waals surface area contributed by atoms with E-state index in [-0.39, 0.29) is 6.61 Å². The van der Waals surface area contributed by atoms with E-state index < -0.39 is 6.09 Å². The second-order valence-electron chi connectivity index (χ2n) is 4.81. The van der Waals surface area contributed by atoms with Crippen LogP contribution < -0.4 is 0 Å². The fourth-order valence-corrected chi connectivity index (χ4v) is 2.64. The molecule has 0 fully saturated rings. The van der Waals surface area contributed by atoms with E-state index in [0.717, 1.165) is 16.5 Å². The molecule has 1 aromatic heterocycles. The zero-order chi connectivity index (χ0) is 15.7. The highest BCUT2D eigenvalue weighted by Gasteiger charge is 2.13. The Labute approximate surface area is 138 Å². The lowest BCUT2D eigenvalue weighted by Gasteiger charge is -2.08. The lowest BCUT2D eigenvalue weighted by Crippen LogP contribution is -2.12. The first-order valence-electron chi connectivity index (χ1n) is 6.60. The molecule has 3 aromatic rings. The second-order valence-corrected chi connectivity index (χ2v) is 5.59. The Morgan fingerprint density at radius 3 is 2.73 bits per heavy atom. The molecule has 0 saturated heterocycles. The van der Waals surface area contributed by atoms with Crippen LogP contribution in [0.15, 0.2) is 48.7 Å². The van der Waals surface area contributed by atoms with Gasteiger partial charge in [0.15, 0.2) is 0 Å². The number of carbonyl (C=O) groups excluding carboxylic acids is 1. The third kappa shape index (κ3) is 2.70. The van der Waals surface area contributed by atoms with Crippen LogP contribution in [0.25, 0.3) is 10.9 Å². The van der Waals surface area contributed by atoms with Gasteiger partial charge in [0.05, 0.1) is 15.6 Å². The summed E-state index contributed by atoms with van der Waals surface area (Å²) in [7, 11) is 0. The molecular formula is C17H12Cl2NO2. The molecular weight excluding hydrogens is 321 g/mol. The van der Waals surface area contributed by atoms with E-state index in [1.165, 1.54) is 4.57 Å². The van der Waals surface area contributed by atoms with Gasteiger partial charge in [-0.05, 0) is 24.6 Å². The zero-order valence-electron chi connectivity index (χ0n) is 11.6. The highest BCUT2D eigenvalue weighted by Crippen LogP contribution is 2.26. The Balaban J connectivity index is 1.84. The summed E-state index contributed by atoms with van der Waals surface area (Å²) in [5.41, 5.74) is 2.19. The number of hydrogen-bond donors (Lipinski definition) is 0. The topological polar surface area (TPSA) is 31.2 Å². The summed E-state index contributed by atoms with van der Waals surface area (Å²) >= 11 is 12.0. The molecule has 0 amide bonds. The number of halogens is 2. The Morgan fingerprint density at radius 1 is 1.14 bits per heavy atom. The molecule has 0 saturated carbocycles. The predicted molar refractivity (Wildman–Crippen MR) is 88.4 cm³/mol. The van der Waals surface area contributed by atoms with Crippen molar-refractivity contribution in [3.8, 4) is 0 Å². The molecule has 0 N–H and O–H groups in total. The molecule has 3 nitrogen and oxygen atoms in total. The van der Waals surface area contributed by atoms with Crippen molar-refractivity contribution < 1.29 is 9.53 Å². The Kier molecular flexibility index (Phi) is 4.10. The Bertz CT molecular complexity index is 855. The lowest BCUT2D eigenvalue weighted by atomic mass is 10.2. The van der Waals surface area contributed by atoms with Gasteiger partial charge in [-0.2, -0.15) is 0 Å². The number of ether oxygens (including phenoxy) is 1. The van der Waals surface area contributed by atoms with Crippen LogP contribution >= 0.6 is 23.2 Å². The van der Waals surface area contributed by atoms with Crippen molar-refractivity contribution in [2.45, 2.75) is 6.61 Å². The van der Waals surface area contributed by atoms with Gasteiger partial charge in [0, 0.05) is 17.1 Å². The van der Waals surface area contributed by atoms with Crippen LogP contribution in [0, 0.1) is 6.92 Å². The van der Waals surface area contributed by atoms with Gasteiger partial charge in [-0.15, -0.1) is 0 Å². The number of hydrogen-bond acceptors (Lipinski definition) is 2. The smallest absolute Gasteiger partial charge is 0.418 e. The van der Waals surface area contributed by atoms with Gasteiger partial charge in [-0.3, -0.25) is 4.57 Å². The Hall–Kier alpha value is -1.97. The maximum atomic E-state index is 12.3. The molecule has 5 heteroatoms. The van der Waals surface area contributed by atoms with Crippen LogP contribution in [-0.4, -0.2) is 10.7 Å². The number of fused-ring (bicyclic) bond motifs is 1. The molecule has 0 aliphatic rings. The molecule has 3 rings (SSSR count). The SMILES string of the molecule is [CH2]c1cn(C(=O)OCc2cccc(Cl)c2Cl)c2ccccc12. The molecule has 1 radical (unpaired) electrons. The molecule has 22 heavy (non-hydrogen) atoms. The van der Waals surface area contributed by atoms with Crippen molar-refractivity contribution in [1.82, 2.24) is 4.57 Å². The normalized spacial score (nSPS) is 10.9. The lowest BCUT2D eigenvalue weighted by molar-refractivity contribution is 0.142. The van der Waals surface area contributed by atoms with E-state index in [9.17, 15) is 4.79 Å². The van der Waals surface area contributed by atoms with Gasteiger partial charge in [0.2, 0.25) is 0 Å². The van der Waals surface area contributed by atoms with Crippen molar-refractivity contribution in [2.24, 2.45) is 0 Å². The molecule has 0 bridgehead atoms. The Morgan fingerprint density at radius 2 is 1.91 bits per heavy atom. The van der Waals surface area contributed by atoms with E-state index in [4.69, 9.17) is 27.9 Å². The van der Waals surface area contributed by atoms with Gasteiger partial charge in [-0.25, -0.2) is 4.79 Å². The first kappa shape index (κ1) is 14.9. The highest BCUT2D eigenvalue weighted by atomic mass is 35.5. The van der Waals surface area contributed by atoms with Crippen LogP contribution in [0.1, 0.15) is 11.1 Å². The number of carbonyl (C=O) groups is 1. The maximum Gasteiger partial charge on any atom is 0.418 e. The third-order valence-corrected chi connectivity index (χ3v) is 4.23. The molecule has 1 heterocycles. The molecule has 0 atom stereocenters. The van der Waals surface area contributed by atoms with Gasteiger partial charge >= 0.3 is 6.09 Å². The van der Waals surface area contributed by atoms with E-state index in [1.807, 2.05) is 24.3 Å². The van der Waals surface area contributed by atoms with Gasteiger partial charge in [0.1, 0.15) is 6.61 Å². The van der Waals surface area contributed by atoms with Crippen LogP contribution in [0.3, 0.4) is 0 Å². The standard InChI is InChI=1S/C17H12Cl2NO2/c1-11-9-20(15-8-3-2-6-13(11)15)17(21)22-10-12-5-4-7-14(18)16(12)19/h2-9H,1,10H2. The van der Waals surface area contributed by atoms with Gasteiger partial charge in [0.25, 0.3) is 0 Å². The fraction of sp³-hybridized carbons (Fsp3) is 0.0588. The van der Waals surface area contributed by atoms with Crippen molar-refractivity contribution in [1.29, 1.82) is 0 Å². The first-order chi connectivity index (χ1) is 10.6. The van der Waals surface area contributed by atoms with Crippen molar-refractivity contribution >= 4 is 40.2 Å². The summed E-state index contributed by atoms with van der Waals surface area (Å²) in [5.74, 6) is 0. The second kappa shape index (κ2) is 6.03. The predicted octanol–water partition coefficient (Wildman–Crippen LogP) is 5.32. The molecule has 0 unspecified atom stereocenters. The summed E-state index contributed by atoms with van der Waals surface area (Å²) in [6, 6.07) is 12.7. The zero-order valence-corrected chi connectivity index (χ0v) is 13.1. The van der Waals surface area contributed by atoms with E-state index in [2.05, 4.69) is 6.92 Å². The highest BCUT2D eigenvalue weighted by molar-refractivity contribution is 6.42. The quantitative estimate of drug-likeness (QED) is 0.636. The van der Waals surface area contributed by atoms with E-state index in [1.54, 1.807) is 24.4 Å². The van der Waals surface area contributed by atoms with Crippen molar-refractivity contribution in [3.05, 3.63) is 76.8 Å². The average molecular weight is 333 g/mol. The minimum atomic E-state index is -0.484. The summed E-state index contributed by atoms with van der Waals surface area (Å²) in [5, 5.41) is 1.74. The van der Waals surface area contributed by atoms with Crippen LogP contribution in [0.4, 0.5) is 4.79 Å². The van der Waals surface area contributed by atoms with E-state index >= 15 is 0 Å². The number of rotatable bonds is 2. The summed E-state index contributed by atoms with van der Waals surface area (Å²) < 4.78 is 6.77. The molecule has 0 spiro atoms. The van der Waals surface area contributed by atoms with Crippen LogP contribution in [-0.2, 0) is 11.3 Å². The van der Waals surface area contributed by atoms with E-state index in [0.29, 0.717) is 15.6 Å². The largest absolute Gasteiger partial charge is 0.444 e. The molecule has 111 valence electrons. The fourth-order valence-electron chi connectivity index (χ4n) is 2.27. The average Bonchev–Trinajstić information content (AvgIpc) is 2.86. The minimum Gasteiger partial charge on any atom is -0.444 e. The monoisotopic (exact) mass is 332 g/mol. The molecule has 2 aromatic carbocycles. The summed E-state index contributed by atoms with van der Waals surface area (Å²) in [6.45, 7) is 3.98.